The van der Waals surface area contributed by atoms with E-state index in [4.69, 9.17) is 19.5 Å². The fourth-order valence-electron chi connectivity index (χ4n) is 16.8. The molecule has 13 nitrogen and oxygen atoms in total. The summed E-state index contributed by atoms with van der Waals surface area (Å²) in [5.74, 6) is -77.3. The topological polar surface area (TPSA) is 174 Å². The Labute approximate surface area is 667 Å². The standard InChI is InChI=1S/C19H17F13O6S.2C18H15S.C17H17F11O2.C3H4F2O5S/c20-13(15(23,24)17(27,28)19(31,32)18(29,30)16(13,25)26)7-35-11-2-8-1-9(3-11)5-12(4-8,6-11)36-10(33)14(21,22)39-38-37-34;2*1-4-10-16(11-5-1)19(17-12-6-2-7-13-17)18-14-8-3-9-15-18;18-12(7-30-11-4-8-1-9(5-11)3-10(29,2-8)6-11)13(19,20)15(23,24)17(27,28)16(25,26)14(12,21)22;1-8-2(6)3(4,5)11-10-9-7/h8-9,34H,1-7H2;2*1-15H;8-9,29H,1-7H2;7H,1H3/q;2*+1;;/p-2. The number of methoxy groups -OCH3 is 1. The number of rotatable bonds is 21. The Hall–Kier alpha value is -6.52. The highest BCUT2D eigenvalue weighted by atomic mass is 32.2. The van der Waals surface area contributed by atoms with Crippen LogP contribution in [0.25, 0.3) is 0 Å². The lowest BCUT2D eigenvalue weighted by atomic mass is 9.52. The molecule has 650 valence electrons. The lowest BCUT2D eigenvalue weighted by Crippen LogP contribution is -2.84. The van der Waals surface area contributed by atoms with Crippen LogP contribution in [0.3, 0.4) is 0 Å². The van der Waals surface area contributed by atoms with E-state index in [0.717, 1.165) is 7.11 Å². The molecule has 118 heavy (non-hydrogen) atoms. The summed E-state index contributed by atoms with van der Waals surface area (Å²) in [6, 6.07) is 64.3. The molecule has 6 aromatic carbocycles. The Morgan fingerprint density at radius 3 is 0.839 bits per heavy atom. The summed E-state index contributed by atoms with van der Waals surface area (Å²) in [5.41, 5.74) is -19.5. The van der Waals surface area contributed by atoms with Crippen molar-refractivity contribution < 1.29 is 177 Å². The Bertz CT molecular complexity index is 3980. The van der Waals surface area contributed by atoms with Crippen molar-refractivity contribution in [1.29, 1.82) is 0 Å². The van der Waals surface area contributed by atoms with Crippen molar-refractivity contribution in [2.45, 2.75) is 210 Å². The van der Waals surface area contributed by atoms with Gasteiger partial charge in [-0.05, 0) is 161 Å². The zero-order chi connectivity index (χ0) is 87.3. The van der Waals surface area contributed by atoms with Crippen LogP contribution in [0.15, 0.2) is 211 Å². The summed E-state index contributed by atoms with van der Waals surface area (Å²) >= 11 is -1.78. The van der Waals surface area contributed by atoms with Gasteiger partial charge in [0.1, 0.15) is 29.7 Å². The van der Waals surface area contributed by atoms with Crippen LogP contribution in [-0.4, -0.2) is 141 Å². The minimum atomic E-state index is -7.37. The average molecular weight is 1800 g/mol. The minimum absolute atomic E-state index is 0.0119. The van der Waals surface area contributed by atoms with Gasteiger partial charge in [-0.3, -0.25) is 10.1 Å². The molecule has 0 radical (unpaired) electrons. The van der Waals surface area contributed by atoms with Crippen LogP contribution in [0, 0.1) is 23.7 Å². The van der Waals surface area contributed by atoms with Crippen molar-refractivity contribution in [1.82, 2.24) is 0 Å². The van der Waals surface area contributed by atoms with Crippen LogP contribution < -0.4 is 10.5 Å². The summed E-state index contributed by atoms with van der Waals surface area (Å²) in [6.07, 6.45) is -0.670. The van der Waals surface area contributed by atoms with Crippen molar-refractivity contribution in [3.63, 3.8) is 0 Å². The molecule has 4 atom stereocenters. The summed E-state index contributed by atoms with van der Waals surface area (Å²) in [7, 11) is 0.743. The second-order valence-electron chi connectivity index (χ2n) is 29.5. The highest BCUT2D eigenvalue weighted by Crippen LogP contribution is 2.73. The Balaban J connectivity index is 0.000000164. The highest BCUT2D eigenvalue weighted by Gasteiger charge is 3.03. The molecule has 0 aliphatic heterocycles. The molecule has 10 aliphatic carbocycles. The summed E-state index contributed by atoms with van der Waals surface area (Å²) in [6.45, 7) is -5.58. The van der Waals surface area contributed by atoms with Crippen molar-refractivity contribution in [2.24, 2.45) is 23.7 Å². The summed E-state index contributed by atoms with van der Waals surface area (Å²) in [5, 5.41) is 26.2. The molecule has 0 spiro atoms. The van der Waals surface area contributed by atoms with E-state index in [1.54, 1.807) is 0 Å². The van der Waals surface area contributed by atoms with E-state index in [-0.39, 0.29) is 97.8 Å². The number of esters is 2. The van der Waals surface area contributed by atoms with Gasteiger partial charge in [0.05, 0.1) is 58.9 Å². The smallest absolute Gasteiger partial charge is 0.415 e. The third kappa shape index (κ3) is 16.9. The molecule has 4 unspecified atom stereocenters. The maximum atomic E-state index is 15.2. The molecule has 6 aromatic rings. The quantitative estimate of drug-likeness (QED) is 0.0180. The third-order valence-corrected chi connectivity index (χ3v) is 26.9. The molecule has 43 heteroatoms. The van der Waals surface area contributed by atoms with E-state index in [0.29, 0.717) is 6.42 Å². The first-order valence-corrected chi connectivity index (χ1v) is 38.9. The number of alkyl halides is 26. The van der Waals surface area contributed by atoms with Crippen LogP contribution in [0.1, 0.15) is 77.0 Å². The molecule has 0 aromatic heterocycles. The number of carbonyl (C=O) groups is 2. The first-order chi connectivity index (χ1) is 54.7. The molecule has 10 fully saturated rings. The molecular formula is C75H66F26O13S4. The van der Waals surface area contributed by atoms with Gasteiger partial charge in [-0.25, -0.2) is 18.4 Å². The van der Waals surface area contributed by atoms with Crippen molar-refractivity contribution in [3.8, 4) is 0 Å². The first kappa shape index (κ1) is 93.7. The molecule has 8 bridgehead atoms. The number of hydrogen-bond donors (Lipinski definition) is 1. The van der Waals surface area contributed by atoms with Crippen molar-refractivity contribution >= 4 is 57.8 Å². The van der Waals surface area contributed by atoms with E-state index in [9.17, 15) is 130 Å². The highest BCUT2D eigenvalue weighted by molar-refractivity contribution is 7.97. The third-order valence-electron chi connectivity index (χ3n) is 21.4. The van der Waals surface area contributed by atoms with Crippen molar-refractivity contribution in [2.75, 3.05) is 20.3 Å². The monoisotopic (exact) mass is 1800 g/mol. The Morgan fingerprint density at radius 1 is 0.364 bits per heavy atom. The van der Waals surface area contributed by atoms with Crippen LogP contribution in [0.4, 0.5) is 114 Å². The van der Waals surface area contributed by atoms with Crippen LogP contribution in [0.2, 0.25) is 0 Å². The molecule has 0 heterocycles. The van der Waals surface area contributed by atoms with Crippen LogP contribution in [0.5, 0.6) is 0 Å². The van der Waals surface area contributed by atoms with E-state index >= 15 is 4.39 Å². The van der Waals surface area contributed by atoms with Gasteiger partial charge in [0.2, 0.25) is 0 Å². The number of ether oxygens (including phenoxy) is 4. The van der Waals surface area contributed by atoms with Gasteiger partial charge in [0.25, 0.3) is 11.3 Å². The fourth-order valence-corrected chi connectivity index (χ4v) is 21.5. The van der Waals surface area contributed by atoms with Gasteiger partial charge in [-0.1, -0.05) is 109 Å². The van der Waals surface area contributed by atoms with E-state index in [1.807, 2.05) is 0 Å². The molecule has 0 amide bonds. The summed E-state index contributed by atoms with van der Waals surface area (Å²) in [4.78, 5) is 30.3. The second-order valence-corrected chi connectivity index (χ2v) is 35.1. The molecular weight excluding hydrogens is 1730 g/mol. The lowest BCUT2D eigenvalue weighted by Gasteiger charge is -2.61. The SMILES string of the molecule is COC(=O)C(F)(F)SOO[O-].O=C(OC12CC3CC(CC(OCC4(F)C(F)(F)C(F)(F)C(F)(F)C(F)(F)C4(F)F)(C3)C1)C2)C(F)(F)SOO[O-].OC12CC3CC(C1)CC(OCC1(F)C(F)(F)C(F)(F)C(F)(F)C(F)(F)C1(F)F)(C3)C2.c1ccc([S+](c2ccccc2)c2ccccc2)cc1.c1ccc([S+](c2ccccc2)c2ccccc2)cc1. The average Bonchev–Trinajstić information content (AvgIpc) is 0.666. The minimum Gasteiger partial charge on any atom is -0.691 e. The van der Waals surface area contributed by atoms with Crippen molar-refractivity contribution in [3.05, 3.63) is 182 Å². The van der Waals surface area contributed by atoms with E-state index < -0.39 is 171 Å². The molecule has 16 rings (SSSR count). The Morgan fingerprint density at radius 2 is 0.593 bits per heavy atom. The van der Waals surface area contributed by atoms with Gasteiger partial charge in [-0.2, -0.15) is 114 Å². The van der Waals surface area contributed by atoms with Crippen LogP contribution in [-0.2, 0) is 69.1 Å². The lowest BCUT2D eigenvalue weighted by molar-refractivity contribution is -0.777. The summed E-state index contributed by atoms with van der Waals surface area (Å²) < 4.78 is 384. The first-order valence-electron chi connectivity index (χ1n) is 35.0. The number of halogens is 26. The van der Waals surface area contributed by atoms with Gasteiger partial charge in [0.15, 0.2) is 29.4 Å². The predicted molar refractivity (Wildman–Crippen MR) is 362 cm³/mol. The zero-order valence-corrected chi connectivity index (χ0v) is 63.6. The number of hydrogen-bond acceptors (Lipinski definition) is 15. The van der Waals surface area contributed by atoms with E-state index in [1.165, 1.54) is 29.4 Å². The van der Waals surface area contributed by atoms with Gasteiger partial charge < -0.3 is 34.6 Å². The van der Waals surface area contributed by atoms with Gasteiger partial charge >= 0.3 is 81.7 Å². The van der Waals surface area contributed by atoms with Gasteiger partial charge in [0, 0.05) is 12.8 Å². The fraction of sp³-hybridized carbons (Fsp3) is 0.493. The van der Waals surface area contributed by atoms with Gasteiger partial charge in [-0.15, -0.1) is 0 Å². The molecule has 1 N–H and O–H groups in total. The largest absolute Gasteiger partial charge is 0.691 e. The number of carbonyl (C=O) groups excluding carboxylic acids is 2. The Kier molecular flexibility index (Phi) is 27.0. The second kappa shape index (κ2) is 34.0. The molecule has 0 saturated heterocycles. The van der Waals surface area contributed by atoms with E-state index in [2.05, 4.69) is 205 Å². The van der Waals surface area contributed by atoms with Crippen LogP contribution >= 0.6 is 24.1 Å². The molecule has 10 aliphatic rings. The molecule has 10 saturated carbocycles. The normalized spacial score (nSPS) is 28.8. The maximum Gasteiger partial charge on any atom is 0.415 e. The zero-order valence-electron chi connectivity index (χ0n) is 60.3. The maximum absolute atomic E-state index is 15.2. The number of aliphatic hydroxyl groups is 1. The number of benzene rings is 6. The predicted octanol–water partition coefficient (Wildman–Crippen LogP) is 19.2.